The first kappa shape index (κ1) is 17.1. The number of imidazole rings is 1. The number of rotatable bonds is 4. The van der Waals surface area contributed by atoms with Crippen LogP contribution in [-0.4, -0.2) is 52.5 Å². The van der Waals surface area contributed by atoms with Crippen LogP contribution in [0.5, 0.6) is 5.75 Å². The summed E-state index contributed by atoms with van der Waals surface area (Å²) in [5.74, 6) is 3.16. The quantitative estimate of drug-likeness (QED) is 0.685. The maximum atomic E-state index is 12.4. The lowest BCUT2D eigenvalue weighted by Crippen LogP contribution is -2.39. The predicted molar refractivity (Wildman–Crippen MR) is 91.0 cm³/mol. The van der Waals surface area contributed by atoms with Crippen molar-refractivity contribution in [3.05, 3.63) is 30.0 Å². The van der Waals surface area contributed by atoms with Crippen molar-refractivity contribution in [2.75, 3.05) is 25.5 Å². The molecule has 24 heavy (non-hydrogen) atoms. The number of terminal acetylenes is 1. The van der Waals surface area contributed by atoms with Gasteiger partial charge in [0.2, 0.25) is 0 Å². The Morgan fingerprint density at radius 1 is 1.46 bits per heavy atom. The molecular formula is C17H18N4O3. The van der Waals surface area contributed by atoms with Crippen LogP contribution in [-0.2, 0) is 7.05 Å². The summed E-state index contributed by atoms with van der Waals surface area (Å²) in [4.78, 5) is 30.9. The van der Waals surface area contributed by atoms with Crippen LogP contribution < -0.4 is 4.90 Å². The molecule has 0 saturated heterocycles. The molecule has 0 aliphatic rings. The molecule has 2 amide bonds. The van der Waals surface area contributed by atoms with E-state index in [0.717, 1.165) is 0 Å². The summed E-state index contributed by atoms with van der Waals surface area (Å²) < 4.78 is 1.57. The van der Waals surface area contributed by atoms with E-state index < -0.39 is 0 Å². The Kier molecular flexibility index (Phi) is 4.90. The zero-order valence-electron chi connectivity index (χ0n) is 13.7. The van der Waals surface area contributed by atoms with E-state index in [0.29, 0.717) is 17.7 Å². The van der Waals surface area contributed by atoms with Gasteiger partial charge in [0, 0.05) is 26.7 Å². The predicted octanol–water partition coefficient (Wildman–Crippen LogP) is 1.73. The lowest BCUT2D eigenvalue weighted by atomic mass is 10.2. The molecule has 2 aromatic rings. The number of aldehydes is 1. The minimum atomic E-state index is -0.378. The number of phenols is 1. The summed E-state index contributed by atoms with van der Waals surface area (Å²) in [6, 6.07) is 6.13. The fourth-order valence-electron chi connectivity index (χ4n) is 2.33. The summed E-state index contributed by atoms with van der Waals surface area (Å²) >= 11 is 0. The highest BCUT2D eigenvalue weighted by Crippen LogP contribution is 2.27. The number of anilines is 1. The lowest BCUT2D eigenvalue weighted by Gasteiger charge is -2.22. The SMILES string of the molecule is C#CCN(C)C(=O)N(C)c1nc(-c2cccc(O)c2)n(C)c1C=O. The molecule has 0 radical (unpaired) electrons. The van der Waals surface area contributed by atoms with Gasteiger partial charge in [0.25, 0.3) is 0 Å². The van der Waals surface area contributed by atoms with Crippen LogP contribution >= 0.6 is 0 Å². The Morgan fingerprint density at radius 2 is 2.17 bits per heavy atom. The number of carbonyl (C=O) groups excluding carboxylic acids is 2. The van der Waals surface area contributed by atoms with Gasteiger partial charge in [-0.3, -0.25) is 9.69 Å². The van der Waals surface area contributed by atoms with E-state index in [1.807, 2.05) is 0 Å². The lowest BCUT2D eigenvalue weighted by molar-refractivity contribution is 0.111. The van der Waals surface area contributed by atoms with Crippen LogP contribution in [0.25, 0.3) is 11.4 Å². The minimum Gasteiger partial charge on any atom is -0.508 e. The van der Waals surface area contributed by atoms with Gasteiger partial charge in [-0.25, -0.2) is 9.78 Å². The fraction of sp³-hybridized carbons (Fsp3) is 0.235. The van der Waals surface area contributed by atoms with Crippen LogP contribution in [0.1, 0.15) is 10.5 Å². The number of aromatic hydroxyl groups is 1. The van der Waals surface area contributed by atoms with Crippen LogP contribution in [0.2, 0.25) is 0 Å². The molecule has 7 nitrogen and oxygen atoms in total. The molecule has 2 rings (SSSR count). The third-order valence-corrected chi connectivity index (χ3v) is 3.60. The second-order valence-electron chi connectivity index (χ2n) is 5.27. The van der Waals surface area contributed by atoms with E-state index in [4.69, 9.17) is 6.42 Å². The number of aromatic nitrogens is 2. The Bertz CT molecular complexity index is 820. The third kappa shape index (κ3) is 3.08. The van der Waals surface area contributed by atoms with Crippen molar-refractivity contribution in [2.45, 2.75) is 0 Å². The van der Waals surface area contributed by atoms with E-state index >= 15 is 0 Å². The second-order valence-corrected chi connectivity index (χ2v) is 5.27. The van der Waals surface area contributed by atoms with Gasteiger partial charge < -0.3 is 14.6 Å². The van der Waals surface area contributed by atoms with Gasteiger partial charge in [-0.2, -0.15) is 0 Å². The highest BCUT2D eigenvalue weighted by molar-refractivity contribution is 5.96. The summed E-state index contributed by atoms with van der Waals surface area (Å²) in [6.45, 7) is 0.145. The van der Waals surface area contributed by atoms with Gasteiger partial charge >= 0.3 is 6.03 Å². The fourth-order valence-corrected chi connectivity index (χ4v) is 2.33. The maximum absolute atomic E-state index is 12.4. The van der Waals surface area contributed by atoms with Crippen molar-refractivity contribution in [3.63, 3.8) is 0 Å². The van der Waals surface area contributed by atoms with Crippen molar-refractivity contribution in [1.29, 1.82) is 0 Å². The first-order valence-corrected chi connectivity index (χ1v) is 7.14. The molecule has 7 heteroatoms. The molecule has 0 bridgehead atoms. The molecule has 0 atom stereocenters. The standard InChI is InChI=1S/C17H18N4O3/c1-5-9-19(2)17(24)21(4)16-14(11-22)20(3)15(18-16)12-7-6-8-13(23)10-12/h1,6-8,10-11,23H,9H2,2-4H3. The molecule has 0 fully saturated rings. The maximum Gasteiger partial charge on any atom is 0.325 e. The molecule has 1 aromatic carbocycles. The molecular weight excluding hydrogens is 308 g/mol. The van der Waals surface area contributed by atoms with E-state index in [9.17, 15) is 14.7 Å². The number of amides is 2. The normalized spacial score (nSPS) is 10.1. The number of hydrogen-bond acceptors (Lipinski definition) is 4. The highest BCUT2D eigenvalue weighted by Gasteiger charge is 2.24. The van der Waals surface area contributed by atoms with Crippen molar-refractivity contribution in [3.8, 4) is 29.5 Å². The van der Waals surface area contributed by atoms with Gasteiger partial charge in [0.05, 0.1) is 6.54 Å². The molecule has 0 aliphatic carbocycles. The van der Waals surface area contributed by atoms with Crippen LogP contribution in [0.3, 0.4) is 0 Å². The van der Waals surface area contributed by atoms with Crippen LogP contribution in [0.4, 0.5) is 10.6 Å². The molecule has 0 spiro atoms. The number of nitrogens with zero attached hydrogens (tertiary/aromatic N) is 4. The molecule has 0 aliphatic heterocycles. The van der Waals surface area contributed by atoms with Gasteiger partial charge in [-0.1, -0.05) is 18.1 Å². The Hall–Kier alpha value is -3.27. The summed E-state index contributed by atoms with van der Waals surface area (Å²) in [7, 11) is 4.76. The summed E-state index contributed by atoms with van der Waals surface area (Å²) in [6.07, 6.45) is 5.86. The van der Waals surface area contributed by atoms with E-state index in [1.165, 1.54) is 22.9 Å². The first-order chi connectivity index (χ1) is 11.4. The van der Waals surface area contributed by atoms with Crippen molar-refractivity contribution in [2.24, 2.45) is 7.05 Å². The number of benzene rings is 1. The molecule has 0 unspecified atom stereocenters. The van der Waals surface area contributed by atoms with Crippen molar-refractivity contribution < 1.29 is 14.7 Å². The number of phenolic OH excluding ortho intramolecular Hbond substituents is 1. The van der Waals surface area contributed by atoms with E-state index in [-0.39, 0.29) is 29.8 Å². The molecule has 0 saturated carbocycles. The van der Waals surface area contributed by atoms with E-state index in [1.54, 1.807) is 36.9 Å². The number of urea groups is 1. The second kappa shape index (κ2) is 6.87. The zero-order valence-corrected chi connectivity index (χ0v) is 13.7. The van der Waals surface area contributed by atoms with Crippen molar-refractivity contribution in [1.82, 2.24) is 14.5 Å². The van der Waals surface area contributed by atoms with Crippen LogP contribution in [0, 0.1) is 12.3 Å². The Labute approximate surface area is 140 Å². The highest BCUT2D eigenvalue weighted by atomic mass is 16.3. The monoisotopic (exact) mass is 326 g/mol. The van der Waals surface area contributed by atoms with Gasteiger partial charge in [-0.15, -0.1) is 6.42 Å². The largest absolute Gasteiger partial charge is 0.508 e. The molecule has 1 N–H and O–H groups in total. The van der Waals surface area contributed by atoms with Crippen LogP contribution in [0.15, 0.2) is 24.3 Å². The van der Waals surface area contributed by atoms with Gasteiger partial charge in [0.1, 0.15) is 17.3 Å². The van der Waals surface area contributed by atoms with Gasteiger partial charge in [-0.05, 0) is 12.1 Å². The average Bonchev–Trinajstić information content (AvgIpc) is 2.90. The molecule has 1 aromatic heterocycles. The number of hydrogen-bond donors (Lipinski definition) is 1. The summed E-state index contributed by atoms with van der Waals surface area (Å²) in [5.41, 5.74) is 0.878. The average molecular weight is 326 g/mol. The Balaban J connectivity index is 2.49. The Morgan fingerprint density at radius 3 is 2.75 bits per heavy atom. The number of carbonyl (C=O) groups is 2. The van der Waals surface area contributed by atoms with Gasteiger partial charge in [0.15, 0.2) is 12.1 Å². The van der Waals surface area contributed by atoms with Crippen molar-refractivity contribution >= 4 is 18.1 Å². The third-order valence-electron chi connectivity index (χ3n) is 3.60. The first-order valence-electron chi connectivity index (χ1n) is 7.14. The smallest absolute Gasteiger partial charge is 0.325 e. The zero-order chi connectivity index (χ0) is 17.9. The molecule has 124 valence electrons. The minimum absolute atomic E-state index is 0.0860. The topological polar surface area (TPSA) is 78.7 Å². The molecule has 1 heterocycles. The van der Waals surface area contributed by atoms with E-state index in [2.05, 4.69) is 10.9 Å². The summed E-state index contributed by atoms with van der Waals surface area (Å²) in [5, 5.41) is 9.63.